The van der Waals surface area contributed by atoms with E-state index in [2.05, 4.69) is 31.7 Å². The summed E-state index contributed by atoms with van der Waals surface area (Å²) in [5, 5.41) is 8.89. The van der Waals surface area contributed by atoms with E-state index in [-0.39, 0.29) is 22.0 Å². The van der Waals surface area contributed by atoms with Crippen molar-refractivity contribution in [1.82, 2.24) is 9.71 Å². The molecule has 1 aromatic rings. The highest BCUT2D eigenvalue weighted by Gasteiger charge is 2.32. The quantitative estimate of drug-likeness (QED) is 0.835. The van der Waals surface area contributed by atoms with Gasteiger partial charge < -0.3 is 0 Å². The van der Waals surface area contributed by atoms with E-state index in [4.69, 9.17) is 16.9 Å². The molecule has 1 aromatic heterocycles. The van der Waals surface area contributed by atoms with E-state index in [9.17, 15) is 8.42 Å². The van der Waals surface area contributed by atoms with Gasteiger partial charge in [0.25, 0.3) is 0 Å². The first-order chi connectivity index (χ1) is 8.94. The molecule has 5 nitrogen and oxygen atoms in total. The Bertz CT molecular complexity index is 629. The van der Waals surface area contributed by atoms with Crippen molar-refractivity contribution in [2.75, 3.05) is 0 Å². The fraction of sp³-hybridized carbons (Fsp3) is 0.455. The van der Waals surface area contributed by atoms with Crippen molar-refractivity contribution < 1.29 is 8.42 Å². The largest absolute Gasteiger partial charge is 0.243 e. The number of pyridine rings is 1. The van der Waals surface area contributed by atoms with E-state index >= 15 is 0 Å². The molecule has 0 aliphatic heterocycles. The van der Waals surface area contributed by atoms with Gasteiger partial charge in [-0.3, -0.25) is 0 Å². The Labute approximate surface area is 125 Å². The van der Waals surface area contributed by atoms with Crippen molar-refractivity contribution in [3.8, 4) is 6.07 Å². The molecule has 1 heterocycles. The van der Waals surface area contributed by atoms with Crippen LogP contribution in [-0.2, 0) is 10.0 Å². The van der Waals surface area contributed by atoms with Crippen molar-refractivity contribution in [3.63, 3.8) is 0 Å². The van der Waals surface area contributed by atoms with Crippen molar-refractivity contribution in [2.45, 2.75) is 30.2 Å². The maximum Gasteiger partial charge on any atom is 0.243 e. The monoisotopic (exact) mass is 363 g/mol. The van der Waals surface area contributed by atoms with Crippen molar-refractivity contribution in [2.24, 2.45) is 5.92 Å². The summed E-state index contributed by atoms with van der Waals surface area (Å²) >= 11 is 8.98. The summed E-state index contributed by atoms with van der Waals surface area (Å²) in [5.41, 5.74) is 0. The molecule has 1 fully saturated rings. The van der Waals surface area contributed by atoms with E-state index in [1.807, 2.05) is 0 Å². The summed E-state index contributed by atoms with van der Waals surface area (Å²) in [5.74, 6) is -0.284. The molecule has 0 spiro atoms. The lowest BCUT2D eigenvalue weighted by atomic mass is 10.1. The van der Waals surface area contributed by atoms with Gasteiger partial charge in [-0.05, 0) is 34.8 Å². The number of aromatic nitrogens is 1. The highest BCUT2D eigenvalue weighted by atomic mass is 79.9. The molecule has 2 atom stereocenters. The minimum Gasteiger partial charge on any atom is -0.242 e. The molecule has 2 rings (SSSR count). The Kier molecular flexibility index (Phi) is 4.46. The first kappa shape index (κ1) is 14.7. The Morgan fingerprint density at radius 1 is 1.53 bits per heavy atom. The number of rotatable bonds is 3. The van der Waals surface area contributed by atoms with Gasteiger partial charge in [0.1, 0.15) is 10.0 Å². The summed E-state index contributed by atoms with van der Waals surface area (Å²) in [4.78, 5) is 3.72. The molecule has 0 amide bonds. The Morgan fingerprint density at radius 2 is 2.26 bits per heavy atom. The number of halogens is 2. The Morgan fingerprint density at radius 3 is 2.95 bits per heavy atom. The molecular formula is C11H11BrClN3O2S. The fourth-order valence-corrected chi connectivity index (χ4v) is 4.37. The minimum absolute atomic E-state index is 0.0767. The van der Waals surface area contributed by atoms with Gasteiger partial charge in [-0.25, -0.2) is 18.1 Å². The van der Waals surface area contributed by atoms with Gasteiger partial charge in [0.05, 0.1) is 12.0 Å². The second-order valence-corrected chi connectivity index (χ2v) is 7.29. The zero-order chi connectivity index (χ0) is 14.0. The van der Waals surface area contributed by atoms with Crippen LogP contribution in [-0.4, -0.2) is 19.4 Å². The molecule has 0 aromatic carbocycles. The number of hydrogen-bond donors (Lipinski definition) is 1. The number of sulfonamides is 1. The summed E-state index contributed by atoms with van der Waals surface area (Å²) in [7, 11) is -3.77. The number of nitrogens with zero attached hydrogens (tertiary/aromatic N) is 2. The molecule has 2 unspecified atom stereocenters. The third-order valence-corrected chi connectivity index (χ3v) is 5.40. The van der Waals surface area contributed by atoms with Crippen LogP contribution >= 0.6 is 27.5 Å². The van der Waals surface area contributed by atoms with Gasteiger partial charge in [-0.15, -0.1) is 0 Å². The average molecular weight is 365 g/mol. The summed E-state index contributed by atoms with van der Waals surface area (Å²) in [6, 6.07) is 3.17. The van der Waals surface area contributed by atoms with Gasteiger partial charge in [0.15, 0.2) is 0 Å². The van der Waals surface area contributed by atoms with E-state index < -0.39 is 10.0 Å². The maximum absolute atomic E-state index is 12.3. The molecule has 1 aliphatic rings. The predicted octanol–water partition coefficient (Wildman–Crippen LogP) is 2.47. The molecule has 1 N–H and O–H groups in total. The Balaban J connectivity index is 2.28. The smallest absolute Gasteiger partial charge is 0.242 e. The lowest BCUT2D eigenvalue weighted by Gasteiger charge is -2.16. The summed E-state index contributed by atoms with van der Waals surface area (Å²) in [6.07, 6.45) is 3.65. The zero-order valence-electron chi connectivity index (χ0n) is 9.81. The SMILES string of the molecule is N#CC1CCCC1NS(=O)(=O)c1cc(Br)cnc1Cl. The number of nitrogens with one attached hydrogen (secondary N) is 1. The first-order valence-electron chi connectivity index (χ1n) is 5.67. The molecule has 0 saturated heterocycles. The Hall–Kier alpha value is -0.680. The average Bonchev–Trinajstić information content (AvgIpc) is 2.78. The molecule has 8 heteroatoms. The topological polar surface area (TPSA) is 82.9 Å². The molecule has 0 bridgehead atoms. The van der Waals surface area contributed by atoms with Crippen LogP contribution in [0.5, 0.6) is 0 Å². The highest BCUT2D eigenvalue weighted by Crippen LogP contribution is 2.28. The van der Waals surface area contributed by atoms with Crippen LogP contribution in [0.3, 0.4) is 0 Å². The van der Waals surface area contributed by atoms with Gasteiger partial charge in [-0.2, -0.15) is 5.26 Å². The van der Waals surface area contributed by atoms with E-state index in [0.717, 1.165) is 6.42 Å². The molecule has 1 aliphatic carbocycles. The maximum atomic E-state index is 12.3. The number of hydrogen-bond acceptors (Lipinski definition) is 4. The van der Waals surface area contributed by atoms with Crippen molar-refractivity contribution in [1.29, 1.82) is 5.26 Å². The predicted molar refractivity (Wildman–Crippen MR) is 74.0 cm³/mol. The molecule has 1 saturated carbocycles. The van der Waals surface area contributed by atoms with Crippen LogP contribution in [0.4, 0.5) is 0 Å². The molecular weight excluding hydrogens is 354 g/mol. The minimum atomic E-state index is -3.77. The third kappa shape index (κ3) is 3.26. The summed E-state index contributed by atoms with van der Waals surface area (Å²) in [6.45, 7) is 0. The standard InChI is InChI=1S/C11H11BrClN3O2S/c12-8-4-10(11(13)15-6-8)19(17,18)16-9-3-1-2-7(9)5-14/h4,6-7,9,16H,1-3H2. The normalized spacial score (nSPS) is 23.2. The molecule has 102 valence electrons. The second-order valence-electron chi connectivity index (χ2n) is 4.34. The highest BCUT2D eigenvalue weighted by molar-refractivity contribution is 9.10. The van der Waals surface area contributed by atoms with E-state index in [1.54, 1.807) is 0 Å². The van der Waals surface area contributed by atoms with Crippen molar-refractivity contribution >= 4 is 37.6 Å². The fourth-order valence-electron chi connectivity index (χ4n) is 2.11. The lowest BCUT2D eigenvalue weighted by Crippen LogP contribution is -2.37. The van der Waals surface area contributed by atoms with Crippen LogP contribution in [0.15, 0.2) is 21.6 Å². The molecule has 19 heavy (non-hydrogen) atoms. The van der Waals surface area contributed by atoms with E-state index in [0.29, 0.717) is 17.3 Å². The first-order valence-corrected chi connectivity index (χ1v) is 8.32. The third-order valence-electron chi connectivity index (χ3n) is 3.05. The lowest BCUT2D eigenvalue weighted by molar-refractivity contribution is 0.515. The van der Waals surface area contributed by atoms with Crippen LogP contribution < -0.4 is 4.72 Å². The van der Waals surface area contributed by atoms with Gasteiger partial charge >= 0.3 is 0 Å². The van der Waals surface area contributed by atoms with Gasteiger partial charge in [0, 0.05) is 16.7 Å². The van der Waals surface area contributed by atoms with Crippen LogP contribution in [0.25, 0.3) is 0 Å². The van der Waals surface area contributed by atoms with Crippen LogP contribution in [0.2, 0.25) is 5.15 Å². The van der Waals surface area contributed by atoms with Gasteiger partial charge in [-0.1, -0.05) is 18.0 Å². The summed E-state index contributed by atoms with van der Waals surface area (Å²) < 4.78 is 27.6. The number of nitriles is 1. The van der Waals surface area contributed by atoms with Gasteiger partial charge in [0.2, 0.25) is 10.0 Å². The molecule has 0 radical (unpaired) electrons. The van der Waals surface area contributed by atoms with Crippen molar-refractivity contribution in [3.05, 3.63) is 21.9 Å². The second kappa shape index (κ2) is 5.75. The van der Waals surface area contributed by atoms with Crippen LogP contribution in [0, 0.1) is 17.2 Å². The van der Waals surface area contributed by atoms with E-state index in [1.165, 1.54) is 12.3 Å². The zero-order valence-corrected chi connectivity index (χ0v) is 13.0. The van der Waals surface area contributed by atoms with Crippen LogP contribution in [0.1, 0.15) is 19.3 Å².